The summed E-state index contributed by atoms with van der Waals surface area (Å²) in [6.45, 7) is 8.38. The Morgan fingerprint density at radius 3 is 3.07 bits per heavy atom. The Balaban J connectivity index is 1.68. The van der Waals surface area contributed by atoms with Crippen LogP contribution in [-0.4, -0.2) is 36.7 Å². The maximum absolute atomic E-state index is 5.34. The van der Waals surface area contributed by atoms with Crippen molar-refractivity contribution in [3.8, 4) is 0 Å². The minimum absolute atomic E-state index is 0.673. The van der Waals surface area contributed by atoms with E-state index in [0.29, 0.717) is 17.1 Å². The summed E-state index contributed by atoms with van der Waals surface area (Å²) in [6.07, 6.45) is 1.19. The zero-order chi connectivity index (χ0) is 10.7. The van der Waals surface area contributed by atoms with Crippen molar-refractivity contribution in [2.75, 3.05) is 26.3 Å². The quantitative estimate of drug-likeness (QED) is 0.799. The van der Waals surface area contributed by atoms with Crippen molar-refractivity contribution in [3.63, 3.8) is 0 Å². The van der Waals surface area contributed by atoms with E-state index in [9.17, 15) is 0 Å². The van der Waals surface area contributed by atoms with Crippen molar-refractivity contribution in [3.05, 3.63) is 0 Å². The molecule has 0 aromatic carbocycles. The van der Waals surface area contributed by atoms with E-state index in [4.69, 9.17) is 4.74 Å². The summed E-state index contributed by atoms with van der Waals surface area (Å²) >= 11 is 1.90. The van der Waals surface area contributed by atoms with Crippen LogP contribution >= 0.6 is 11.8 Å². The normalized spacial score (nSPS) is 31.0. The van der Waals surface area contributed by atoms with Crippen LogP contribution in [0.4, 0.5) is 0 Å². The van der Waals surface area contributed by atoms with Gasteiger partial charge in [0.1, 0.15) is 0 Å². The lowest BCUT2D eigenvalue weighted by molar-refractivity contribution is 0.186. The lowest BCUT2D eigenvalue weighted by Gasteiger charge is -2.13. The Kier molecular flexibility index (Phi) is 3.92. The van der Waals surface area contributed by atoms with Crippen molar-refractivity contribution in [2.24, 2.45) is 16.8 Å². The predicted octanol–water partition coefficient (Wildman–Crippen LogP) is 1.74. The third kappa shape index (κ3) is 3.11. The van der Waals surface area contributed by atoms with Crippen LogP contribution in [0.1, 0.15) is 20.3 Å². The molecule has 2 rings (SSSR count). The van der Waals surface area contributed by atoms with Gasteiger partial charge in [0.15, 0.2) is 5.17 Å². The largest absolute Gasteiger partial charge is 0.381 e. The fraction of sp³-hybridized carbons (Fsp3) is 0.909. The maximum Gasteiger partial charge on any atom is 0.156 e. The lowest BCUT2D eigenvalue weighted by Crippen LogP contribution is -2.27. The SMILES string of the molecule is CC(C)C1CN=C(NCC2CCOC2)S1. The number of hydrogen-bond donors (Lipinski definition) is 1. The summed E-state index contributed by atoms with van der Waals surface area (Å²) in [4.78, 5) is 4.53. The first-order chi connectivity index (χ1) is 7.25. The highest BCUT2D eigenvalue weighted by molar-refractivity contribution is 8.14. The monoisotopic (exact) mass is 228 g/mol. The van der Waals surface area contributed by atoms with E-state index in [1.165, 1.54) is 6.42 Å². The van der Waals surface area contributed by atoms with E-state index in [-0.39, 0.29) is 0 Å². The van der Waals surface area contributed by atoms with Crippen LogP contribution in [0.3, 0.4) is 0 Å². The van der Waals surface area contributed by atoms with E-state index in [0.717, 1.165) is 31.5 Å². The van der Waals surface area contributed by atoms with Crippen molar-refractivity contribution >= 4 is 16.9 Å². The molecule has 2 aliphatic rings. The molecule has 0 radical (unpaired) electrons. The number of hydrogen-bond acceptors (Lipinski definition) is 4. The van der Waals surface area contributed by atoms with Gasteiger partial charge in [-0.1, -0.05) is 25.6 Å². The topological polar surface area (TPSA) is 33.6 Å². The van der Waals surface area contributed by atoms with E-state index in [1.807, 2.05) is 11.8 Å². The molecule has 86 valence electrons. The van der Waals surface area contributed by atoms with Crippen molar-refractivity contribution in [1.82, 2.24) is 5.32 Å². The highest BCUT2D eigenvalue weighted by Crippen LogP contribution is 2.26. The molecule has 1 fully saturated rings. The van der Waals surface area contributed by atoms with Crippen LogP contribution in [-0.2, 0) is 4.74 Å². The third-order valence-electron chi connectivity index (χ3n) is 2.99. The first-order valence-corrected chi connectivity index (χ1v) is 6.66. The molecule has 1 N–H and O–H groups in total. The minimum atomic E-state index is 0.673. The number of aliphatic imine (C=N–C) groups is 1. The molecule has 2 aliphatic heterocycles. The summed E-state index contributed by atoms with van der Waals surface area (Å²) in [6, 6.07) is 0. The predicted molar refractivity (Wildman–Crippen MR) is 65.4 cm³/mol. The highest BCUT2D eigenvalue weighted by Gasteiger charge is 2.23. The summed E-state index contributed by atoms with van der Waals surface area (Å²) in [7, 11) is 0. The van der Waals surface area contributed by atoms with Gasteiger partial charge in [0, 0.05) is 24.3 Å². The minimum Gasteiger partial charge on any atom is -0.381 e. The number of rotatable bonds is 3. The molecule has 4 heteroatoms. The molecule has 1 saturated heterocycles. The summed E-state index contributed by atoms with van der Waals surface area (Å²) in [5, 5.41) is 5.25. The second-order valence-electron chi connectivity index (χ2n) is 4.66. The molecule has 15 heavy (non-hydrogen) atoms. The van der Waals surface area contributed by atoms with Crippen LogP contribution < -0.4 is 5.32 Å². The van der Waals surface area contributed by atoms with Gasteiger partial charge >= 0.3 is 0 Å². The molecular weight excluding hydrogens is 208 g/mol. The average Bonchev–Trinajstić information content (AvgIpc) is 2.86. The second-order valence-corrected chi connectivity index (χ2v) is 5.88. The van der Waals surface area contributed by atoms with Gasteiger partial charge in [-0.05, 0) is 12.3 Å². The standard InChI is InChI=1S/C11H20N2OS/c1-8(2)10-6-13-11(15-10)12-5-9-3-4-14-7-9/h8-10H,3-7H2,1-2H3,(H,12,13). The van der Waals surface area contributed by atoms with Gasteiger partial charge in [-0.15, -0.1) is 0 Å². The van der Waals surface area contributed by atoms with E-state index in [2.05, 4.69) is 24.2 Å². The van der Waals surface area contributed by atoms with Gasteiger partial charge in [-0.2, -0.15) is 0 Å². The molecule has 0 bridgehead atoms. The fourth-order valence-electron chi connectivity index (χ4n) is 1.81. The van der Waals surface area contributed by atoms with Gasteiger partial charge < -0.3 is 10.1 Å². The van der Waals surface area contributed by atoms with Crippen LogP contribution in [0.2, 0.25) is 0 Å². The van der Waals surface area contributed by atoms with Crippen LogP contribution in [0.15, 0.2) is 4.99 Å². The molecule has 0 aromatic rings. The number of thioether (sulfide) groups is 1. The molecule has 3 nitrogen and oxygen atoms in total. The first kappa shape index (κ1) is 11.3. The Morgan fingerprint density at radius 2 is 2.47 bits per heavy atom. The molecule has 0 amide bonds. The smallest absolute Gasteiger partial charge is 0.156 e. The number of nitrogens with one attached hydrogen (secondary N) is 1. The van der Waals surface area contributed by atoms with Crippen molar-refractivity contribution in [1.29, 1.82) is 0 Å². The zero-order valence-electron chi connectivity index (χ0n) is 9.53. The Hall–Kier alpha value is -0.220. The molecule has 0 aromatic heterocycles. The molecule has 0 aliphatic carbocycles. The molecule has 2 heterocycles. The molecular formula is C11H20N2OS. The van der Waals surface area contributed by atoms with Gasteiger partial charge in [-0.25, -0.2) is 0 Å². The average molecular weight is 228 g/mol. The first-order valence-electron chi connectivity index (χ1n) is 5.78. The fourth-order valence-corrected chi connectivity index (χ4v) is 2.83. The Morgan fingerprint density at radius 1 is 1.60 bits per heavy atom. The highest BCUT2D eigenvalue weighted by atomic mass is 32.2. The second kappa shape index (κ2) is 5.21. The third-order valence-corrected chi connectivity index (χ3v) is 4.48. The molecule has 2 atom stereocenters. The zero-order valence-corrected chi connectivity index (χ0v) is 10.3. The van der Waals surface area contributed by atoms with Crippen molar-refractivity contribution < 1.29 is 4.74 Å². The van der Waals surface area contributed by atoms with E-state index < -0.39 is 0 Å². The molecule has 2 unspecified atom stereocenters. The molecule has 0 spiro atoms. The lowest BCUT2D eigenvalue weighted by atomic mass is 10.1. The van der Waals surface area contributed by atoms with Gasteiger partial charge in [0.25, 0.3) is 0 Å². The Labute approximate surface area is 96.1 Å². The summed E-state index contributed by atoms with van der Waals surface area (Å²) in [5.74, 6) is 1.40. The number of ether oxygens (including phenoxy) is 1. The maximum atomic E-state index is 5.34. The van der Waals surface area contributed by atoms with Crippen LogP contribution in [0.5, 0.6) is 0 Å². The summed E-state index contributed by atoms with van der Waals surface area (Å²) < 4.78 is 5.34. The molecule has 0 saturated carbocycles. The van der Waals surface area contributed by atoms with E-state index >= 15 is 0 Å². The van der Waals surface area contributed by atoms with Gasteiger partial charge in [-0.3, -0.25) is 4.99 Å². The van der Waals surface area contributed by atoms with Gasteiger partial charge in [0.05, 0.1) is 13.2 Å². The summed E-state index contributed by atoms with van der Waals surface area (Å²) in [5.41, 5.74) is 0. The van der Waals surface area contributed by atoms with Crippen LogP contribution in [0.25, 0.3) is 0 Å². The Bertz CT molecular complexity index is 237. The van der Waals surface area contributed by atoms with Crippen LogP contribution in [0, 0.1) is 11.8 Å². The van der Waals surface area contributed by atoms with Gasteiger partial charge in [0.2, 0.25) is 0 Å². The number of amidine groups is 1. The van der Waals surface area contributed by atoms with Crippen molar-refractivity contribution in [2.45, 2.75) is 25.5 Å². The number of nitrogens with zero attached hydrogens (tertiary/aromatic N) is 1. The van der Waals surface area contributed by atoms with E-state index in [1.54, 1.807) is 0 Å².